The van der Waals surface area contributed by atoms with Gasteiger partial charge in [-0.3, -0.25) is 9.59 Å². The van der Waals surface area contributed by atoms with Gasteiger partial charge in [0.2, 0.25) is 5.91 Å². The van der Waals surface area contributed by atoms with Crippen molar-refractivity contribution in [3.8, 4) is 10.6 Å². The molecule has 0 fully saturated rings. The molecule has 0 atom stereocenters. The second kappa shape index (κ2) is 8.24. The number of nitrogens with zero attached hydrogens (tertiary/aromatic N) is 1. The molecule has 3 aromatic carbocycles. The maximum atomic E-state index is 12.3. The van der Waals surface area contributed by atoms with Crippen molar-refractivity contribution in [2.75, 3.05) is 11.9 Å². The van der Waals surface area contributed by atoms with Gasteiger partial charge in [0.1, 0.15) is 5.01 Å². The third kappa shape index (κ3) is 4.50. The highest BCUT2D eigenvalue weighted by molar-refractivity contribution is 7.21. The molecule has 144 valence electrons. The van der Waals surface area contributed by atoms with E-state index in [-0.39, 0.29) is 18.4 Å². The number of para-hydroxylation sites is 1. The van der Waals surface area contributed by atoms with Gasteiger partial charge >= 0.3 is 0 Å². The number of fused-ring (bicyclic) bond motifs is 1. The Kier molecular flexibility index (Phi) is 5.35. The van der Waals surface area contributed by atoms with Crippen molar-refractivity contribution >= 4 is 39.1 Å². The van der Waals surface area contributed by atoms with E-state index in [2.05, 4.69) is 15.6 Å². The zero-order valence-electron chi connectivity index (χ0n) is 15.8. The van der Waals surface area contributed by atoms with E-state index in [0.717, 1.165) is 26.4 Å². The first kappa shape index (κ1) is 18.8. The molecule has 0 aliphatic rings. The summed E-state index contributed by atoms with van der Waals surface area (Å²) in [6.45, 7) is 1.86. The summed E-state index contributed by atoms with van der Waals surface area (Å²) >= 11 is 1.61. The zero-order valence-corrected chi connectivity index (χ0v) is 16.6. The maximum Gasteiger partial charge on any atom is 0.251 e. The average molecular weight is 401 g/mol. The fraction of sp³-hybridized carbons (Fsp3) is 0.0870. The molecular weight excluding hydrogens is 382 g/mol. The van der Waals surface area contributed by atoms with Crippen molar-refractivity contribution in [3.63, 3.8) is 0 Å². The summed E-state index contributed by atoms with van der Waals surface area (Å²) in [6.07, 6.45) is 0. The molecule has 0 aliphatic carbocycles. The Morgan fingerprint density at radius 3 is 2.55 bits per heavy atom. The Morgan fingerprint density at radius 1 is 0.966 bits per heavy atom. The number of carbonyl (C=O) groups is 2. The van der Waals surface area contributed by atoms with Gasteiger partial charge in [0.25, 0.3) is 5.91 Å². The van der Waals surface area contributed by atoms with Crippen molar-refractivity contribution in [2.24, 2.45) is 0 Å². The first-order chi connectivity index (χ1) is 14.1. The van der Waals surface area contributed by atoms with Gasteiger partial charge in [-0.2, -0.15) is 0 Å². The zero-order chi connectivity index (χ0) is 20.2. The van der Waals surface area contributed by atoms with Crippen LogP contribution < -0.4 is 10.6 Å². The van der Waals surface area contributed by atoms with E-state index in [4.69, 9.17) is 0 Å². The van der Waals surface area contributed by atoms with Gasteiger partial charge in [-0.05, 0) is 43.3 Å². The number of benzene rings is 3. The predicted octanol–water partition coefficient (Wildman–Crippen LogP) is 4.64. The smallest absolute Gasteiger partial charge is 0.251 e. The van der Waals surface area contributed by atoms with Crippen LogP contribution in [0.15, 0.2) is 72.8 Å². The lowest BCUT2D eigenvalue weighted by Crippen LogP contribution is -2.32. The lowest BCUT2D eigenvalue weighted by molar-refractivity contribution is -0.115. The number of aryl methyl sites for hydroxylation is 1. The highest BCUT2D eigenvalue weighted by atomic mass is 32.1. The van der Waals surface area contributed by atoms with Crippen LogP contribution in [0.3, 0.4) is 0 Å². The van der Waals surface area contributed by atoms with E-state index in [1.54, 1.807) is 23.5 Å². The van der Waals surface area contributed by atoms with Crippen molar-refractivity contribution in [1.82, 2.24) is 10.3 Å². The first-order valence-corrected chi connectivity index (χ1v) is 10.0. The summed E-state index contributed by atoms with van der Waals surface area (Å²) < 4.78 is 1.12. The Labute approximate surface area is 172 Å². The largest absolute Gasteiger partial charge is 0.343 e. The molecular formula is C23H19N3O2S. The minimum Gasteiger partial charge on any atom is -0.343 e. The number of nitrogens with one attached hydrogen (secondary N) is 2. The van der Waals surface area contributed by atoms with E-state index >= 15 is 0 Å². The van der Waals surface area contributed by atoms with Crippen molar-refractivity contribution < 1.29 is 9.59 Å². The lowest BCUT2D eigenvalue weighted by atomic mass is 10.1. The highest BCUT2D eigenvalue weighted by Gasteiger charge is 2.10. The van der Waals surface area contributed by atoms with Crippen molar-refractivity contribution in [2.45, 2.75) is 6.92 Å². The normalized spacial score (nSPS) is 10.7. The Morgan fingerprint density at radius 2 is 1.76 bits per heavy atom. The summed E-state index contributed by atoms with van der Waals surface area (Å²) in [7, 11) is 0. The van der Waals surface area contributed by atoms with Gasteiger partial charge in [-0.1, -0.05) is 42.0 Å². The molecule has 0 radical (unpaired) electrons. The van der Waals surface area contributed by atoms with E-state index in [9.17, 15) is 9.59 Å². The summed E-state index contributed by atoms with van der Waals surface area (Å²) in [5, 5.41) is 6.36. The van der Waals surface area contributed by atoms with E-state index in [1.165, 1.54) is 0 Å². The van der Waals surface area contributed by atoms with Crippen LogP contribution in [-0.2, 0) is 4.79 Å². The SMILES string of the molecule is Cc1ccc(C(=O)NCC(=O)Nc2cccc(-c3nc4ccccc4s3)c2)cc1. The fourth-order valence-corrected chi connectivity index (χ4v) is 3.86. The Balaban J connectivity index is 1.40. The van der Waals surface area contributed by atoms with E-state index in [0.29, 0.717) is 11.3 Å². The van der Waals surface area contributed by atoms with Gasteiger partial charge < -0.3 is 10.6 Å². The summed E-state index contributed by atoms with van der Waals surface area (Å²) in [6, 6.07) is 22.7. The topological polar surface area (TPSA) is 71.1 Å². The number of carbonyl (C=O) groups excluding carboxylic acids is 2. The molecule has 0 saturated carbocycles. The molecule has 5 nitrogen and oxygen atoms in total. The van der Waals surface area contributed by atoms with Gasteiger partial charge in [-0.15, -0.1) is 11.3 Å². The molecule has 0 unspecified atom stereocenters. The van der Waals surface area contributed by atoms with Crippen LogP contribution in [0.1, 0.15) is 15.9 Å². The van der Waals surface area contributed by atoms with Gasteiger partial charge in [0.15, 0.2) is 0 Å². The number of thiazole rings is 1. The lowest BCUT2D eigenvalue weighted by Gasteiger charge is -2.08. The Hall–Kier alpha value is -3.51. The first-order valence-electron chi connectivity index (χ1n) is 9.19. The third-order valence-corrected chi connectivity index (χ3v) is 5.50. The molecule has 2 amide bonds. The summed E-state index contributed by atoms with van der Waals surface area (Å²) in [5.41, 5.74) is 4.17. The van der Waals surface area contributed by atoms with Crippen LogP contribution in [0, 0.1) is 6.92 Å². The van der Waals surface area contributed by atoms with Crippen LogP contribution >= 0.6 is 11.3 Å². The molecule has 0 bridgehead atoms. The minimum atomic E-state index is -0.285. The molecule has 0 spiro atoms. The number of amides is 2. The maximum absolute atomic E-state index is 12.3. The van der Waals surface area contributed by atoms with Crippen LogP contribution in [0.4, 0.5) is 5.69 Å². The van der Waals surface area contributed by atoms with Crippen LogP contribution in [-0.4, -0.2) is 23.3 Å². The van der Waals surface area contributed by atoms with Crippen LogP contribution in [0.2, 0.25) is 0 Å². The Bertz CT molecular complexity index is 1150. The monoisotopic (exact) mass is 401 g/mol. The highest BCUT2D eigenvalue weighted by Crippen LogP contribution is 2.31. The quantitative estimate of drug-likeness (QED) is 0.512. The number of rotatable bonds is 5. The number of anilines is 1. The number of hydrogen-bond donors (Lipinski definition) is 2. The second-order valence-electron chi connectivity index (χ2n) is 6.66. The predicted molar refractivity (Wildman–Crippen MR) is 117 cm³/mol. The third-order valence-electron chi connectivity index (χ3n) is 4.41. The number of hydrogen-bond acceptors (Lipinski definition) is 4. The minimum absolute atomic E-state index is 0.0991. The average Bonchev–Trinajstić information content (AvgIpc) is 3.17. The van der Waals surface area contributed by atoms with Gasteiger partial charge in [0.05, 0.1) is 16.8 Å². The van der Waals surface area contributed by atoms with E-state index in [1.807, 2.05) is 67.6 Å². The van der Waals surface area contributed by atoms with Gasteiger partial charge in [-0.25, -0.2) is 4.98 Å². The van der Waals surface area contributed by atoms with Crippen molar-refractivity contribution in [3.05, 3.63) is 83.9 Å². The molecule has 0 saturated heterocycles. The molecule has 2 N–H and O–H groups in total. The van der Waals surface area contributed by atoms with Gasteiger partial charge in [0, 0.05) is 16.8 Å². The molecule has 6 heteroatoms. The van der Waals surface area contributed by atoms with Crippen LogP contribution in [0.5, 0.6) is 0 Å². The van der Waals surface area contributed by atoms with Crippen molar-refractivity contribution in [1.29, 1.82) is 0 Å². The molecule has 4 aromatic rings. The summed E-state index contributed by atoms with van der Waals surface area (Å²) in [4.78, 5) is 29.0. The molecule has 0 aliphatic heterocycles. The van der Waals surface area contributed by atoms with E-state index < -0.39 is 0 Å². The second-order valence-corrected chi connectivity index (χ2v) is 7.70. The molecule has 29 heavy (non-hydrogen) atoms. The standard InChI is InChI=1S/C23H19N3O2S/c1-15-9-11-16(12-10-15)22(28)24-14-21(27)25-18-6-4-5-17(13-18)23-26-19-7-2-3-8-20(19)29-23/h2-13H,14H2,1H3,(H,24,28)(H,25,27). The summed E-state index contributed by atoms with van der Waals surface area (Å²) in [5.74, 6) is -0.560. The molecule has 4 rings (SSSR count). The molecule has 1 heterocycles. The number of aromatic nitrogens is 1. The van der Waals surface area contributed by atoms with Crippen LogP contribution in [0.25, 0.3) is 20.8 Å². The fourth-order valence-electron chi connectivity index (χ4n) is 2.90. The molecule has 1 aromatic heterocycles.